The van der Waals surface area contributed by atoms with E-state index in [-0.39, 0.29) is 5.91 Å². The van der Waals surface area contributed by atoms with Crippen LogP contribution in [0, 0.1) is 19.8 Å². The molecule has 5 heteroatoms. The smallest absolute Gasteiger partial charge is 0.251 e. The second-order valence-corrected chi connectivity index (χ2v) is 7.47. The molecule has 0 bridgehead atoms. The third-order valence-corrected chi connectivity index (χ3v) is 5.38. The second-order valence-electron chi connectivity index (χ2n) is 6.18. The fourth-order valence-electron chi connectivity index (χ4n) is 3.01. The largest absolute Gasteiger partial charge is 0.347 e. The number of nitrogens with one attached hydrogen (secondary N) is 2. The Balaban J connectivity index is 1.55. The number of amides is 1. The van der Waals surface area contributed by atoms with Gasteiger partial charge in [-0.1, -0.05) is 12.1 Å². The van der Waals surface area contributed by atoms with Crippen LogP contribution >= 0.6 is 11.3 Å². The molecule has 122 valence electrons. The quantitative estimate of drug-likeness (QED) is 0.887. The van der Waals surface area contributed by atoms with Crippen LogP contribution in [-0.2, 0) is 13.0 Å². The van der Waals surface area contributed by atoms with E-state index < -0.39 is 0 Å². The van der Waals surface area contributed by atoms with E-state index in [2.05, 4.69) is 27.8 Å². The number of nitrogens with zero attached hydrogens (tertiary/aromatic N) is 1. The van der Waals surface area contributed by atoms with Crippen LogP contribution in [0.2, 0.25) is 0 Å². The lowest BCUT2D eigenvalue weighted by molar-refractivity contribution is 0.0951. The van der Waals surface area contributed by atoms with Gasteiger partial charge in [0.15, 0.2) is 0 Å². The van der Waals surface area contributed by atoms with Gasteiger partial charge in [0.1, 0.15) is 0 Å². The van der Waals surface area contributed by atoms with Crippen LogP contribution in [0.1, 0.15) is 37.9 Å². The molecular formula is C18H23N3OS. The topological polar surface area (TPSA) is 54.0 Å². The van der Waals surface area contributed by atoms with E-state index in [0.717, 1.165) is 46.6 Å². The van der Waals surface area contributed by atoms with Gasteiger partial charge in [0.05, 0.1) is 17.2 Å². The zero-order valence-electron chi connectivity index (χ0n) is 13.7. The van der Waals surface area contributed by atoms with Crippen molar-refractivity contribution in [3.8, 4) is 0 Å². The van der Waals surface area contributed by atoms with Crippen LogP contribution in [0.3, 0.4) is 0 Å². The Bertz CT molecular complexity index is 672. The molecule has 1 amide bonds. The Morgan fingerprint density at radius 3 is 2.74 bits per heavy atom. The molecule has 23 heavy (non-hydrogen) atoms. The normalized spacial score (nSPS) is 17.4. The average Bonchev–Trinajstić information content (AvgIpc) is 3.15. The van der Waals surface area contributed by atoms with Crippen LogP contribution in [0.4, 0.5) is 0 Å². The summed E-state index contributed by atoms with van der Waals surface area (Å²) >= 11 is 1.64. The minimum atomic E-state index is -0.0236. The molecule has 1 unspecified atom stereocenters. The Kier molecular flexibility index (Phi) is 5.08. The van der Waals surface area contributed by atoms with Crippen LogP contribution in [0.5, 0.6) is 0 Å². The molecule has 2 heterocycles. The Labute approximate surface area is 141 Å². The molecule has 1 aromatic heterocycles. The highest BCUT2D eigenvalue weighted by atomic mass is 32.1. The van der Waals surface area contributed by atoms with Crippen LogP contribution < -0.4 is 10.6 Å². The third-order valence-electron chi connectivity index (χ3n) is 4.31. The van der Waals surface area contributed by atoms with Crippen molar-refractivity contribution < 1.29 is 4.79 Å². The fraction of sp³-hybridized carbons (Fsp3) is 0.444. The maximum absolute atomic E-state index is 12.3. The van der Waals surface area contributed by atoms with E-state index in [1.54, 1.807) is 11.3 Å². The van der Waals surface area contributed by atoms with E-state index in [1.807, 2.05) is 26.0 Å². The Morgan fingerprint density at radius 1 is 1.35 bits per heavy atom. The Hall–Kier alpha value is -1.72. The number of hydrogen-bond donors (Lipinski definition) is 2. The van der Waals surface area contributed by atoms with Gasteiger partial charge in [0, 0.05) is 10.4 Å². The van der Waals surface area contributed by atoms with Crippen molar-refractivity contribution in [2.24, 2.45) is 5.92 Å². The molecule has 1 aliphatic heterocycles. The van der Waals surface area contributed by atoms with E-state index >= 15 is 0 Å². The summed E-state index contributed by atoms with van der Waals surface area (Å²) in [6, 6.07) is 8.01. The number of carbonyl (C=O) groups is 1. The minimum absolute atomic E-state index is 0.0236. The predicted octanol–water partition coefficient (Wildman–Crippen LogP) is 2.84. The first-order valence-electron chi connectivity index (χ1n) is 8.12. The summed E-state index contributed by atoms with van der Waals surface area (Å²) in [5.74, 6) is 0.705. The van der Waals surface area contributed by atoms with Gasteiger partial charge in [-0.05, 0) is 63.4 Å². The lowest BCUT2D eigenvalue weighted by Crippen LogP contribution is -2.22. The first-order valence-corrected chi connectivity index (χ1v) is 8.94. The maximum atomic E-state index is 12.3. The van der Waals surface area contributed by atoms with Crippen molar-refractivity contribution in [3.63, 3.8) is 0 Å². The number of aryl methyl sites for hydroxylation is 2. The lowest BCUT2D eigenvalue weighted by atomic mass is 9.98. The molecule has 1 fully saturated rings. The van der Waals surface area contributed by atoms with Crippen molar-refractivity contribution in [1.82, 2.24) is 15.6 Å². The molecule has 3 rings (SSSR count). The molecule has 1 atom stereocenters. The highest BCUT2D eigenvalue weighted by molar-refractivity contribution is 7.11. The summed E-state index contributed by atoms with van der Waals surface area (Å²) in [5, 5.41) is 7.42. The van der Waals surface area contributed by atoms with Gasteiger partial charge >= 0.3 is 0 Å². The molecule has 4 nitrogen and oxygen atoms in total. The van der Waals surface area contributed by atoms with Crippen molar-refractivity contribution in [2.45, 2.75) is 33.2 Å². The van der Waals surface area contributed by atoms with Gasteiger partial charge in [0.25, 0.3) is 5.91 Å². The van der Waals surface area contributed by atoms with Crippen LogP contribution in [0.25, 0.3) is 0 Å². The van der Waals surface area contributed by atoms with Crippen molar-refractivity contribution in [2.75, 3.05) is 13.1 Å². The molecule has 0 radical (unpaired) electrons. The SMILES string of the molecule is Cc1nc(C)c(CNC(=O)c2ccc(CC3CCNC3)cc2)s1. The highest BCUT2D eigenvalue weighted by Gasteiger charge is 2.15. The molecular weight excluding hydrogens is 306 g/mol. The predicted molar refractivity (Wildman–Crippen MR) is 93.9 cm³/mol. The molecule has 1 aromatic carbocycles. The van der Waals surface area contributed by atoms with Crippen LogP contribution in [-0.4, -0.2) is 24.0 Å². The summed E-state index contributed by atoms with van der Waals surface area (Å²) < 4.78 is 0. The number of rotatable bonds is 5. The molecule has 0 aliphatic carbocycles. The van der Waals surface area contributed by atoms with Crippen molar-refractivity contribution in [1.29, 1.82) is 0 Å². The second kappa shape index (κ2) is 7.23. The highest BCUT2D eigenvalue weighted by Crippen LogP contribution is 2.18. The van der Waals surface area contributed by atoms with Gasteiger partial charge < -0.3 is 10.6 Å². The van der Waals surface area contributed by atoms with Gasteiger partial charge in [-0.15, -0.1) is 11.3 Å². The summed E-state index contributed by atoms with van der Waals surface area (Å²) in [4.78, 5) is 17.8. The summed E-state index contributed by atoms with van der Waals surface area (Å²) in [6.45, 7) is 6.75. The number of aromatic nitrogens is 1. The summed E-state index contributed by atoms with van der Waals surface area (Å²) in [5.41, 5.74) is 3.04. The number of carbonyl (C=O) groups excluding carboxylic acids is 1. The zero-order valence-corrected chi connectivity index (χ0v) is 14.5. The third kappa shape index (κ3) is 4.18. The number of thiazole rings is 1. The fourth-order valence-corrected chi connectivity index (χ4v) is 3.89. The summed E-state index contributed by atoms with van der Waals surface area (Å²) in [7, 11) is 0. The monoisotopic (exact) mass is 329 g/mol. The van der Waals surface area contributed by atoms with Gasteiger partial charge in [-0.25, -0.2) is 4.98 Å². The van der Waals surface area contributed by atoms with E-state index in [1.165, 1.54) is 12.0 Å². The summed E-state index contributed by atoms with van der Waals surface area (Å²) in [6.07, 6.45) is 2.34. The standard InChI is InChI=1S/C18H23N3OS/c1-12-17(23-13(2)21-12)11-20-18(22)16-5-3-14(4-6-16)9-15-7-8-19-10-15/h3-6,15,19H,7-11H2,1-2H3,(H,20,22). The molecule has 2 aromatic rings. The Morgan fingerprint density at radius 2 is 2.13 bits per heavy atom. The molecule has 1 aliphatic rings. The molecule has 1 saturated heterocycles. The number of benzene rings is 1. The van der Waals surface area contributed by atoms with Crippen molar-refractivity contribution in [3.05, 3.63) is 51.0 Å². The zero-order chi connectivity index (χ0) is 16.2. The maximum Gasteiger partial charge on any atom is 0.251 e. The van der Waals surface area contributed by atoms with Gasteiger partial charge in [-0.2, -0.15) is 0 Å². The lowest BCUT2D eigenvalue weighted by Gasteiger charge is -2.09. The minimum Gasteiger partial charge on any atom is -0.347 e. The van der Waals surface area contributed by atoms with E-state index in [4.69, 9.17) is 0 Å². The van der Waals surface area contributed by atoms with Gasteiger partial charge in [-0.3, -0.25) is 4.79 Å². The average molecular weight is 329 g/mol. The first-order chi connectivity index (χ1) is 11.1. The molecule has 0 saturated carbocycles. The van der Waals surface area contributed by atoms with E-state index in [0.29, 0.717) is 6.54 Å². The van der Waals surface area contributed by atoms with Gasteiger partial charge in [0.2, 0.25) is 0 Å². The molecule has 2 N–H and O–H groups in total. The molecule has 0 spiro atoms. The van der Waals surface area contributed by atoms with E-state index in [9.17, 15) is 4.79 Å². The van der Waals surface area contributed by atoms with Crippen LogP contribution in [0.15, 0.2) is 24.3 Å². The number of hydrogen-bond acceptors (Lipinski definition) is 4. The van der Waals surface area contributed by atoms with Crippen molar-refractivity contribution >= 4 is 17.2 Å². The first kappa shape index (κ1) is 16.1.